The smallest absolute Gasteiger partial charge is 0.398 e. The summed E-state index contributed by atoms with van der Waals surface area (Å²) in [6.07, 6.45) is -16.1. The fourth-order valence-corrected chi connectivity index (χ4v) is 9.25. The Morgan fingerprint density at radius 1 is 1.05 bits per heavy atom. The average Bonchev–Trinajstić information content (AvgIpc) is 3.12. The standard InChI is InChI=1S/C19H21F6N5O6P2S/c1-10(36-17(37(32,33)7-18(20,21)22)38(34,35)8-19(23,24)25)6-30-9-27-13-14(30)28-16(26)29-15(13)39-12-5-3-2-4-11(12)31/h2-5,9-10,17,31H,6-8H2,1H3,(H,32,33)(H,34,35)(H2,26,28,29). The summed E-state index contributed by atoms with van der Waals surface area (Å²) in [4.78, 5) is 32.5. The molecule has 3 atom stereocenters. The van der Waals surface area contributed by atoms with E-state index in [4.69, 9.17) is 10.5 Å². The van der Waals surface area contributed by atoms with Crippen molar-refractivity contribution < 1.29 is 55.1 Å². The average molecular weight is 623 g/mol. The van der Waals surface area contributed by atoms with Crippen molar-refractivity contribution >= 4 is 43.6 Å². The summed E-state index contributed by atoms with van der Waals surface area (Å²) in [5.41, 5.74) is 2.78. The van der Waals surface area contributed by atoms with Crippen molar-refractivity contribution in [2.24, 2.45) is 0 Å². The molecule has 39 heavy (non-hydrogen) atoms. The molecule has 0 fully saturated rings. The number of aromatic hydroxyl groups is 1. The number of hydrogen-bond donors (Lipinski definition) is 4. The highest BCUT2D eigenvalue weighted by atomic mass is 32.2. The lowest BCUT2D eigenvalue weighted by atomic mass is 10.3. The first-order chi connectivity index (χ1) is 17.8. The Balaban J connectivity index is 1.92. The molecule has 5 N–H and O–H groups in total. The molecule has 20 heteroatoms. The summed E-state index contributed by atoms with van der Waals surface area (Å²) in [7, 11) is -11.7. The Morgan fingerprint density at radius 2 is 1.62 bits per heavy atom. The molecule has 3 rings (SSSR count). The van der Waals surface area contributed by atoms with Crippen LogP contribution in [0.1, 0.15) is 6.92 Å². The van der Waals surface area contributed by atoms with Gasteiger partial charge >= 0.3 is 12.4 Å². The molecule has 0 saturated carbocycles. The molecule has 216 valence electrons. The highest BCUT2D eigenvalue weighted by molar-refractivity contribution is 7.99. The van der Waals surface area contributed by atoms with E-state index in [1.165, 1.54) is 10.6 Å². The zero-order valence-corrected chi connectivity index (χ0v) is 22.3. The number of rotatable bonds is 10. The molecule has 3 aromatic rings. The minimum atomic E-state index is -5.84. The third kappa shape index (κ3) is 8.32. The number of nitrogens with two attached hydrogens (primary N) is 1. The zero-order chi connectivity index (χ0) is 29.4. The summed E-state index contributed by atoms with van der Waals surface area (Å²) in [6.45, 7) is 0.657. The van der Waals surface area contributed by atoms with E-state index < -0.39 is 57.6 Å². The second-order valence-corrected chi connectivity index (χ2v) is 14.4. The van der Waals surface area contributed by atoms with Gasteiger partial charge in [0.2, 0.25) is 26.3 Å². The molecule has 0 aliphatic heterocycles. The lowest BCUT2D eigenvalue weighted by Crippen LogP contribution is -2.30. The number of nitrogens with zero attached hydrogens (tertiary/aromatic N) is 4. The van der Waals surface area contributed by atoms with E-state index in [1.54, 1.807) is 18.2 Å². The van der Waals surface area contributed by atoms with Gasteiger partial charge in [0.05, 0.1) is 23.9 Å². The third-order valence-corrected chi connectivity index (χ3v) is 11.3. The molecular formula is C19H21F6N5O6P2S. The number of benzene rings is 1. The zero-order valence-electron chi connectivity index (χ0n) is 19.7. The number of aromatic nitrogens is 4. The van der Waals surface area contributed by atoms with Gasteiger partial charge in [0.1, 0.15) is 28.6 Å². The topological polar surface area (TPSA) is 174 Å². The van der Waals surface area contributed by atoms with E-state index in [1.807, 2.05) is 0 Å². The first-order valence-electron chi connectivity index (χ1n) is 10.6. The first kappa shape index (κ1) is 31.2. The number of alkyl halides is 6. The van der Waals surface area contributed by atoms with Crippen molar-refractivity contribution in [3.8, 4) is 5.75 Å². The van der Waals surface area contributed by atoms with Crippen molar-refractivity contribution in [1.82, 2.24) is 19.5 Å². The van der Waals surface area contributed by atoms with Crippen molar-refractivity contribution in [2.75, 3.05) is 18.1 Å². The second-order valence-electron chi connectivity index (χ2n) is 8.36. The van der Waals surface area contributed by atoms with Crippen molar-refractivity contribution in [1.29, 1.82) is 0 Å². The predicted molar refractivity (Wildman–Crippen MR) is 128 cm³/mol. The summed E-state index contributed by atoms with van der Waals surface area (Å²) in [6, 6.07) is 6.25. The normalized spacial score (nSPS) is 17.5. The van der Waals surface area contributed by atoms with Gasteiger partial charge in [0, 0.05) is 0 Å². The number of anilines is 1. The van der Waals surface area contributed by atoms with E-state index >= 15 is 0 Å². The van der Waals surface area contributed by atoms with Gasteiger partial charge in [0.15, 0.2) is 5.65 Å². The van der Waals surface area contributed by atoms with Crippen molar-refractivity contribution in [3.63, 3.8) is 0 Å². The van der Waals surface area contributed by atoms with E-state index in [2.05, 4.69) is 15.0 Å². The van der Waals surface area contributed by atoms with Gasteiger partial charge in [-0.25, -0.2) is 9.97 Å². The van der Waals surface area contributed by atoms with Crippen LogP contribution in [0.2, 0.25) is 0 Å². The predicted octanol–water partition coefficient (Wildman–Crippen LogP) is 4.62. The number of fused-ring (bicyclic) bond motifs is 1. The molecule has 1 aromatic carbocycles. The van der Waals surface area contributed by atoms with Gasteiger partial charge < -0.3 is 29.9 Å². The van der Waals surface area contributed by atoms with Crippen molar-refractivity contribution in [2.45, 2.75) is 47.4 Å². The van der Waals surface area contributed by atoms with Crippen LogP contribution < -0.4 is 5.73 Å². The van der Waals surface area contributed by atoms with Gasteiger partial charge in [-0.1, -0.05) is 23.9 Å². The number of imidazole rings is 1. The first-order valence-corrected chi connectivity index (χ1v) is 15.3. The molecule has 11 nitrogen and oxygen atoms in total. The fraction of sp³-hybridized carbons (Fsp3) is 0.421. The van der Waals surface area contributed by atoms with Crippen LogP contribution >= 0.6 is 26.5 Å². The molecule has 0 amide bonds. The number of phenolic OH excluding ortho intramolecular Hbond substituents is 1. The van der Waals surface area contributed by atoms with Crippen LogP contribution in [0.25, 0.3) is 11.2 Å². The summed E-state index contributed by atoms with van der Waals surface area (Å²) in [5, 5.41) is 10.2. The Morgan fingerprint density at radius 3 is 2.15 bits per heavy atom. The largest absolute Gasteiger partial charge is 0.507 e. The van der Waals surface area contributed by atoms with Gasteiger partial charge in [-0.15, -0.1) is 0 Å². The quantitative estimate of drug-likeness (QED) is 0.141. The highest BCUT2D eigenvalue weighted by Crippen LogP contribution is 2.67. The maximum atomic E-state index is 12.9. The molecule has 0 radical (unpaired) electrons. The van der Waals surface area contributed by atoms with Gasteiger partial charge in [-0.05, 0) is 19.1 Å². The van der Waals surface area contributed by atoms with E-state index in [0.717, 1.165) is 25.0 Å². The maximum Gasteiger partial charge on any atom is 0.398 e. The highest BCUT2D eigenvalue weighted by Gasteiger charge is 2.55. The summed E-state index contributed by atoms with van der Waals surface area (Å²) < 4.78 is 108. The molecule has 3 unspecified atom stereocenters. The van der Waals surface area contributed by atoms with Crippen LogP contribution in [-0.4, -0.2) is 70.8 Å². The monoisotopic (exact) mass is 623 g/mol. The number of halogens is 6. The van der Waals surface area contributed by atoms with Crippen LogP contribution in [0, 0.1) is 0 Å². The maximum absolute atomic E-state index is 12.9. The minimum absolute atomic E-state index is 0.0392. The van der Waals surface area contributed by atoms with Crippen LogP contribution in [0.5, 0.6) is 5.75 Å². The van der Waals surface area contributed by atoms with Crippen LogP contribution in [0.15, 0.2) is 40.5 Å². The van der Waals surface area contributed by atoms with Gasteiger partial charge in [-0.3, -0.25) is 9.13 Å². The number of nitrogen functional groups attached to an aromatic ring is 1. The molecule has 0 spiro atoms. The molecular weight excluding hydrogens is 602 g/mol. The number of hydrogen-bond acceptors (Lipinski definition) is 9. The number of phenols is 1. The number of ether oxygens (including phenoxy) is 1. The Bertz CT molecular complexity index is 1400. The molecule has 0 saturated heterocycles. The Hall–Kier alpha value is -2.36. The van der Waals surface area contributed by atoms with Crippen molar-refractivity contribution in [3.05, 3.63) is 30.6 Å². The molecule has 0 aliphatic carbocycles. The molecule has 2 aromatic heterocycles. The van der Waals surface area contributed by atoms with Crippen LogP contribution in [0.3, 0.4) is 0 Å². The van der Waals surface area contributed by atoms with E-state index in [9.17, 15) is 50.4 Å². The summed E-state index contributed by atoms with van der Waals surface area (Å²) in [5.74, 6) is -0.316. The van der Waals surface area contributed by atoms with E-state index in [-0.39, 0.29) is 27.9 Å². The number of para-hydroxylation sites is 1. The lowest BCUT2D eigenvalue weighted by Gasteiger charge is -2.30. The summed E-state index contributed by atoms with van der Waals surface area (Å²) >= 11 is 0.977. The third-order valence-electron chi connectivity index (χ3n) is 4.83. The van der Waals surface area contributed by atoms with Crippen LogP contribution in [-0.2, 0) is 20.4 Å². The van der Waals surface area contributed by atoms with Gasteiger partial charge in [-0.2, -0.15) is 31.3 Å². The fourth-order valence-electron chi connectivity index (χ4n) is 3.46. The van der Waals surface area contributed by atoms with Crippen LogP contribution in [0.4, 0.5) is 32.3 Å². The SMILES string of the molecule is CC(Cn1cnc2c(Sc3ccccc3O)nc(N)nc21)OC(P(=O)(O)CC(F)(F)F)P(=O)(O)CC(F)(F)F. The molecule has 2 heterocycles. The van der Waals surface area contributed by atoms with Gasteiger partial charge in [0.25, 0.3) is 0 Å². The van der Waals surface area contributed by atoms with E-state index in [0.29, 0.717) is 4.90 Å². The minimum Gasteiger partial charge on any atom is -0.507 e. The lowest BCUT2D eigenvalue weighted by molar-refractivity contribution is -0.109. The molecule has 0 aliphatic rings. The Labute approximate surface area is 220 Å². The Kier molecular flexibility index (Phi) is 9.00. The molecule has 0 bridgehead atoms. The second kappa shape index (κ2) is 11.3.